The number of carbonyl (C=O) groups excluding carboxylic acids is 1. The lowest BCUT2D eigenvalue weighted by Crippen LogP contribution is -2.30. The maximum atomic E-state index is 12.2. The van der Waals surface area contributed by atoms with Gasteiger partial charge in [-0.3, -0.25) is 4.79 Å². The van der Waals surface area contributed by atoms with E-state index in [0.717, 1.165) is 18.4 Å². The average molecular weight is 359 g/mol. The minimum absolute atomic E-state index is 0.171. The second kappa shape index (κ2) is 7.07. The number of benzene rings is 1. The normalized spacial score (nSPS) is 14.0. The Labute approximate surface area is 145 Å². The van der Waals surface area contributed by atoms with Gasteiger partial charge in [0.2, 0.25) is 5.91 Å². The SMILES string of the molecule is N#Cc1cccc(CNC(=O)CS(=O)(=O)Cc2conc2C2CC2)c1. The van der Waals surface area contributed by atoms with E-state index < -0.39 is 21.5 Å². The highest BCUT2D eigenvalue weighted by atomic mass is 32.2. The van der Waals surface area contributed by atoms with E-state index in [2.05, 4.69) is 10.5 Å². The lowest BCUT2D eigenvalue weighted by Gasteiger charge is -2.07. The Morgan fingerprint density at radius 3 is 2.92 bits per heavy atom. The Balaban J connectivity index is 1.56. The second-order valence-electron chi connectivity index (χ2n) is 6.12. The standard InChI is InChI=1S/C17H17N3O4S/c18-7-12-2-1-3-13(6-12)8-19-16(21)11-25(22,23)10-15-9-24-20-17(15)14-4-5-14/h1-3,6,9,14H,4-5,8,10-11H2,(H,19,21). The molecule has 1 saturated carbocycles. The van der Waals surface area contributed by atoms with Crippen LogP contribution in [0.25, 0.3) is 0 Å². The summed E-state index contributed by atoms with van der Waals surface area (Å²) >= 11 is 0. The number of rotatable bonds is 7. The molecule has 2 aromatic rings. The molecule has 1 aliphatic rings. The average Bonchev–Trinajstić information content (AvgIpc) is 3.32. The van der Waals surface area contributed by atoms with Crippen LogP contribution in [0.15, 0.2) is 35.1 Å². The van der Waals surface area contributed by atoms with Crippen molar-refractivity contribution >= 4 is 15.7 Å². The predicted molar refractivity (Wildman–Crippen MR) is 89.0 cm³/mol. The van der Waals surface area contributed by atoms with Crippen molar-refractivity contribution in [2.75, 3.05) is 5.75 Å². The van der Waals surface area contributed by atoms with Gasteiger partial charge in [-0.2, -0.15) is 5.26 Å². The lowest BCUT2D eigenvalue weighted by molar-refractivity contribution is -0.118. The molecule has 7 nitrogen and oxygen atoms in total. The topological polar surface area (TPSA) is 113 Å². The molecule has 0 unspecified atom stereocenters. The molecule has 0 saturated heterocycles. The molecule has 25 heavy (non-hydrogen) atoms. The summed E-state index contributed by atoms with van der Waals surface area (Å²) < 4.78 is 29.4. The lowest BCUT2D eigenvalue weighted by atomic mass is 10.1. The van der Waals surface area contributed by atoms with Gasteiger partial charge < -0.3 is 9.84 Å². The van der Waals surface area contributed by atoms with Crippen LogP contribution in [0.2, 0.25) is 0 Å². The maximum absolute atomic E-state index is 12.2. The van der Waals surface area contributed by atoms with Crippen LogP contribution in [0, 0.1) is 11.3 Å². The molecule has 1 heterocycles. The predicted octanol–water partition coefficient (Wildman–Crippen LogP) is 1.65. The second-order valence-corrected chi connectivity index (χ2v) is 8.18. The number of carbonyl (C=O) groups is 1. The van der Waals surface area contributed by atoms with Crippen LogP contribution in [0.4, 0.5) is 0 Å². The van der Waals surface area contributed by atoms with E-state index in [1.165, 1.54) is 6.26 Å². The van der Waals surface area contributed by atoms with Gasteiger partial charge in [0.15, 0.2) is 9.84 Å². The minimum atomic E-state index is -3.61. The fourth-order valence-corrected chi connectivity index (χ4v) is 3.85. The van der Waals surface area contributed by atoms with Gasteiger partial charge in [0.25, 0.3) is 0 Å². The van der Waals surface area contributed by atoms with Gasteiger partial charge >= 0.3 is 0 Å². The number of nitrogens with zero attached hydrogens (tertiary/aromatic N) is 2. The Bertz CT molecular complexity index is 923. The van der Waals surface area contributed by atoms with Crippen molar-refractivity contribution in [2.45, 2.75) is 31.1 Å². The number of amides is 1. The molecule has 1 aromatic carbocycles. The highest BCUT2D eigenvalue weighted by Gasteiger charge is 2.31. The van der Waals surface area contributed by atoms with E-state index in [0.29, 0.717) is 16.8 Å². The minimum Gasteiger partial charge on any atom is -0.364 e. The van der Waals surface area contributed by atoms with Gasteiger partial charge in [0, 0.05) is 18.0 Å². The van der Waals surface area contributed by atoms with Crippen LogP contribution in [0.3, 0.4) is 0 Å². The molecule has 0 radical (unpaired) electrons. The van der Waals surface area contributed by atoms with Crippen LogP contribution < -0.4 is 5.32 Å². The highest BCUT2D eigenvalue weighted by molar-refractivity contribution is 7.91. The zero-order valence-electron chi connectivity index (χ0n) is 13.4. The van der Waals surface area contributed by atoms with Crippen LogP contribution in [0.1, 0.15) is 41.1 Å². The molecule has 130 valence electrons. The summed E-state index contributed by atoms with van der Waals surface area (Å²) in [6.45, 7) is 0.171. The van der Waals surface area contributed by atoms with Gasteiger partial charge in [-0.05, 0) is 30.5 Å². The van der Waals surface area contributed by atoms with Gasteiger partial charge in [-0.25, -0.2) is 8.42 Å². The fraction of sp³-hybridized carbons (Fsp3) is 0.353. The summed E-state index contributed by atoms with van der Waals surface area (Å²) in [4.78, 5) is 12.0. The summed E-state index contributed by atoms with van der Waals surface area (Å²) in [6, 6.07) is 8.79. The summed E-state index contributed by atoms with van der Waals surface area (Å²) in [6.07, 6.45) is 3.32. The number of aromatic nitrogens is 1. The Morgan fingerprint density at radius 1 is 1.40 bits per heavy atom. The van der Waals surface area contributed by atoms with Crippen molar-refractivity contribution in [3.8, 4) is 6.07 Å². The van der Waals surface area contributed by atoms with Crippen molar-refractivity contribution < 1.29 is 17.7 Å². The first-order valence-corrected chi connectivity index (χ1v) is 9.68. The smallest absolute Gasteiger partial charge is 0.235 e. The third-order valence-electron chi connectivity index (χ3n) is 3.91. The molecule has 1 amide bonds. The zero-order chi connectivity index (χ0) is 17.9. The van der Waals surface area contributed by atoms with Gasteiger partial charge in [0.05, 0.1) is 23.1 Å². The molecular formula is C17H17N3O4S. The van der Waals surface area contributed by atoms with E-state index in [4.69, 9.17) is 9.78 Å². The maximum Gasteiger partial charge on any atom is 0.235 e. The van der Waals surface area contributed by atoms with Crippen molar-refractivity contribution in [3.63, 3.8) is 0 Å². The van der Waals surface area contributed by atoms with Crippen LogP contribution >= 0.6 is 0 Å². The van der Waals surface area contributed by atoms with Crippen LogP contribution in [0.5, 0.6) is 0 Å². The van der Waals surface area contributed by atoms with E-state index in [1.807, 2.05) is 6.07 Å². The first kappa shape index (κ1) is 17.2. The molecule has 1 aliphatic carbocycles. The zero-order valence-corrected chi connectivity index (χ0v) is 14.3. The molecule has 0 atom stereocenters. The molecule has 0 bridgehead atoms. The molecule has 0 spiro atoms. The first-order chi connectivity index (χ1) is 12.0. The van der Waals surface area contributed by atoms with E-state index in [-0.39, 0.29) is 18.2 Å². The Hall–Kier alpha value is -2.66. The summed E-state index contributed by atoms with van der Waals surface area (Å²) in [5, 5.41) is 15.3. The molecule has 1 N–H and O–H groups in total. The van der Waals surface area contributed by atoms with E-state index >= 15 is 0 Å². The number of sulfone groups is 1. The summed E-state index contributed by atoms with van der Waals surface area (Å²) in [5.41, 5.74) is 2.45. The number of nitriles is 1. The molecular weight excluding hydrogens is 342 g/mol. The highest BCUT2D eigenvalue weighted by Crippen LogP contribution is 2.41. The molecule has 1 fully saturated rings. The van der Waals surface area contributed by atoms with Gasteiger partial charge in [-0.15, -0.1) is 0 Å². The monoisotopic (exact) mass is 359 g/mol. The van der Waals surface area contributed by atoms with E-state index in [1.54, 1.807) is 24.3 Å². The molecule has 1 aromatic heterocycles. The van der Waals surface area contributed by atoms with Crippen molar-refractivity contribution in [1.29, 1.82) is 5.26 Å². The Morgan fingerprint density at radius 2 is 2.20 bits per heavy atom. The van der Waals surface area contributed by atoms with Crippen molar-refractivity contribution in [3.05, 3.63) is 52.9 Å². The summed E-state index contributed by atoms with van der Waals surface area (Å²) in [5.74, 6) is -1.14. The summed E-state index contributed by atoms with van der Waals surface area (Å²) in [7, 11) is -3.61. The third kappa shape index (κ3) is 4.67. The largest absolute Gasteiger partial charge is 0.364 e. The van der Waals surface area contributed by atoms with Gasteiger partial charge in [0.1, 0.15) is 12.0 Å². The van der Waals surface area contributed by atoms with Gasteiger partial charge in [-0.1, -0.05) is 17.3 Å². The molecule has 0 aliphatic heterocycles. The number of hydrogen-bond acceptors (Lipinski definition) is 6. The quantitative estimate of drug-likeness (QED) is 0.804. The van der Waals surface area contributed by atoms with Crippen LogP contribution in [-0.2, 0) is 26.9 Å². The van der Waals surface area contributed by atoms with Crippen LogP contribution in [-0.4, -0.2) is 25.2 Å². The number of hydrogen-bond donors (Lipinski definition) is 1. The molecule has 3 rings (SSSR count). The van der Waals surface area contributed by atoms with E-state index in [9.17, 15) is 13.2 Å². The van der Waals surface area contributed by atoms with Crippen molar-refractivity contribution in [2.24, 2.45) is 0 Å². The number of nitrogens with one attached hydrogen (secondary N) is 1. The third-order valence-corrected chi connectivity index (χ3v) is 5.36. The Kier molecular flexibility index (Phi) is 4.86. The fourth-order valence-electron chi connectivity index (χ4n) is 2.56. The molecule has 8 heteroatoms. The first-order valence-electron chi connectivity index (χ1n) is 7.86. The van der Waals surface area contributed by atoms with Crippen molar-refractivity contribution in [1.82, 2.24) is 10.5 Å².